The van der Waals surface area contributed by atoms with Crippen molar-refractivity contribution >= 4 is 22.8 Å². The molecule has 1 aromatic carbocycles. The molecule has 4 rings (SSSR count). The highest BCUT2D eigenvalue weighted by Crippen LogP contribution is 2.32. The number of carboxylic acids is 1. The Labute approximate surface area is 139 Å². The van der Waals surface area contributed by atoms with E-state index in [0.717, 1.165) is 28.7 Å². The normalized spacial score (nSPS) is 17.5. The number of hydrogen-bond acceptors (Lipinski definition) is 4. The molecule has 0 amide bonds. The van der Waals surface area contributed by atoms with Crippen molar-refractivity contribution in [3.8, 4) is 11.4 Å². The van der Waals surface area contributed by atoms with Crippen LogP contribution in [0.5, 0.6) is 0 Å². The molecule has 0 bridgehead atoms. The zero-order chi connectivity index (χ0) is 16.7. The number of aryl methyl sites for hydroxylation is 1. The molecule has 1 atom stereocenters. The van der Waals surface area contributed by atoms with Crippen LogP contribution in [0.25, 0.3) is 22.4 Å². The van der Waals surface area contributed by atoms with Crippen molar-refractivity contribution in [3.05, 3.63) is 42.1 Å². The molecule has 24 heavy (non-hydrogen) atoms. The van der Waals surface area contributed by atoms with Crippen LogP contribution in [0.2, 0.25) is 0 Å². The molecular formula is C18H18N4O2. The van der Waals surface area contributed by atoms with Crippen LogP contribution in [0, 0.1) is 6.92 Å². The van der Waals surface area contributed by atoms with E-state index in [9.17, 15) is 9.90 Å². The standard InChI is InChI=1S/C18H18N4O2/c1-11-10-13-16(19-11)20-15(12-6-3-2-4-7-12)21-17(13)22-9-5-8-14(22)18(23)24/h2-4,6-7,10,14H,5,8-9H2,1H3,(H,23,24)(H,19,20,21). The number of aliphatic carboxylic acids is 1. The third kappa shape index (κ3) is 2.40. The van der Waals surface area contributed by atoms with Gasteiger partial charge in [0, 0.05) is 17.8 Å². The smallest absolute Gasteiger partial charge is 0.326 e. The Kier molecular flexibility index (Phi) is 3.45. The van der Waals surface area contributed by atoms with Gasteiger partial charge >= 0.3 is 5.97 Å². The number of hydrogen-bond donors (Lipinski definition) is 2. The van der Waals surface area contributed by atoms with Crippen molar-refractivity contribution in [2.24, 2.45) is 0 Å². The topological polar surface area (TPSA) is 82.1 Å². The van der Waals surface area contributed by atoms with Crippen LogP contribution < -0.4 is 4.90 Å². The number of benzene rings is 1. The van der Waals surface area contributed by atoms with Gasteiger partial charge in [0.05, 0.1) is 5.39 Å². The summed E-state index contributed by atoms with van der Waals surface area (Å²) in [5.41, 5.74) is 2.64. The van der Waals surface area contributed by atoms with E-state index in [2.05, 4.69) is 9.97 Å². The Balaban J connectivity index is 1.91. The summed E-state index contributed by atoms with van der Waals surface area (Å²) in [4.78, 5) is 26.1. The minimum absolute atomic E-state index is 0.526. The number of carbonyl (C=O) groups is 1. The molecule has 3 heterocycles. The second-order valence-electron chi connectivity index (χ2n) is 6.14. The van der Waals surface area contributed by atoms with E-state index in [1.807, 2.05) is 48.2 Å². The molecule has 3 aromatic rings. The monoisotopic (exact) mass is 322 g/mol. The fourth-order valence-electron chi connectivity index (χ4n) is 3.34. The molecule has 6 heteroatoms. The molecule has 0 aliphatic carbocycles. The van der Waals surface area contributed by atoms with E-state index in [1.54, 1.807) is 0 Å². The van der Waals surface area contributed by atoms with Crippen LogP contribution in [0.1, 0.15) is 18.5 Å². The molecule has 2 aromatic heterocycles. The first-order valence-corrected chi connectivity index (χ1v) is 8.06. The molecule has 1 unspecified atom stereocenters. The summed E-state index contributed by atoms with van der Waals surface area (Å²) in [6.07, 6.45) is 1.50. The first-order chi connectivity index (χ1) is 11.6. The minimum Gasteiger partial charge on any atom is -0.480 e. The number of anilines is 1. The molecule has 0 spiro atoms. The third-order valence-electron chi connectivity index (χ3n) is 4.44. The van der Waals surface area contributed by atoms with Gasteiger partial charge in [-0.3, -0.25) is 0 Å². The first-order valence-electron chi connectivity index (χ1n) is 8.06. The predicted molar refractivity (Wildman–Crippen MR) is 92.1 cm³/mol. The second-order valence-corrected chi connectivity index (χ2v) is 6.14. The van der Waals surface area contributed by atoms with Gasteiger partial charge in [0.15, 0.2) is 5.82 Å². The van der Waals surface area contributed by atoms with Crippen LogP contribution in [0.15, 0.2) is 36.4 Å². The Bertz CT molecular complexity index is 904. The number of rotatable bonds is 3. The lowest BCUT2D eigenvalue weighted by Crippen LogP contribution is -2.36. The molecule has 0 radical (unpaired) electrons. The summed E-state index contributed by atoms with van der Waals surface area (Å²) in [5.74, 6) is 0.511. The van der Waals surface area contributed by atoms with Gasteiger partial charge in [-0.25, -0.2) is 14.8 Å². The van der Waals surface area contributed by atoms with Crippen LogP contribution in [-0.2, 0) is 4.79 Å². The van der Waals surface area contributed by atoms with Gasteiger partial charge in [0.2, 0.25) is 0 Å². The number of carboxylic acid groups (broad SMARTS) is 1. The van der Waals surface area contributed by atoms with Gasteiger partial charge in [0.1, 0.15) is 17.5 Å². The number of nitrogens with zero attached hydrogens (tertiary/aromatic N) is 3. The highest BCUT2D eigenvalue weighted by atomic mass is 16.4. The average Bonchev–Trinajstić information content (AvgIpc) is 3.20. The molecule has 6 nitrogen and oxygen atoms in total. The number of fused-ring (bicyclic) bond motifs is 1. The zero-order valence-corrected chi connectivity index (χ0v) is 13.4. The van der Waals surface area contributed by atoms with Gasteiger partial charge in [-0.2, -0.15) is 0 Å². The fraction of sp³-hybridized carbons (Fsp3) is 0.278. The van der Waals surface area contributed by atoms with Crippen molar-refractivity contribution in [1.82, 2.24) is 15.0 Å². The molecule has 0 saturated carbocycles. The van der Waals surface area contributed by atoms with Crippen molar-refractivity contribution < 1.29 is 9.90 Å². The van der Waals surface area contributed by atoms with Crippen LogP contribution >= 0.6 is 0 Å². The Morgan fingerprint density at radius 3 is 2.83 bits per heavy atom. The lowest BCUT2D eigenvalue weighted by Gasteiger charge is -2.23. The molecule has 1 aliphatic rings. The van der Waals surface area contributed by atoms with Crippen LogP contribution in [0.4, 0.5) is 5.82 Å². The molecule has 2 N–H and O–H groups in total. The van der Waals surface area contributed by atoms with Crippen molar-refractivity contribution in [3.63, 3.8) is 0 Å². The summed E-state index contributed by atoms with van der Waals surface area (Å²) in [6.45, 7) is 2.66. The lowest BCUT2D eigenvalue weighted by molar-refractivity contribution is -0.138. The number of aromatic amines is 1. The van der Waals surface area contributed by atoms with Gasteiger partial charge in [-0.15, -0.1) is 0 Å². The molecule has 1 aliphatic heterocycles. The van der Waals surface area contributed by atoms with E-state index in [-0.39, 0.29) is 0 Å². The third-order valence-corrected chi connectivity index (χ3v) is 4.44. The lowest BCUT2D eigenvalue weighted by atomic mass is 10.2. The summed E-state index contributed by atoms with van der Waals surface area (Å²) in [6, 6.07) is 11.2. The van der Waals surface area contributed by atoms with Gasteiger partial charge < -0.3 is 15.0 Å². The summed E-state index contributed by atoms with van der Waals surface area (Å²) >= 11 is 0. The van der Waals surface area contributed by atoms with Crippen molar-refractivity contribution in [2.45, 2.75) is 25.8 Å². The van der Waals surface area contributed by atoms with E-state index in [1.165, 1.54) is 0 Å². The Morgan fingerprint density at radius 1 is 1.29 bits per heavy atom. The van der Waals surface area contributed by atoms with E-state index < -0.39 is 12.0 Å². The van der Waals surface area contributed by atoms with Crippen LogP contribution in [-0.4, -0.2) is 38.6 Å². The maximum absolute atomic E-state index is 11.6. The van der Waals surface area contributed by atoms with Crippen molar-refractivity contribution in [2.75, 3.05) is 11.4 Å². The highest BCUT2D eigenvalue weighted by Gasteiger charge is 2.33. The van der Waals surface area contributed by atoms with Gasteiger partial charge in [-0.05, 0) is 25.8 Å². The SMILES string of the molecule is Cc1cc2c(N3CCCC3C(=O)O)nc(-c3ccccc3)nc2[nH]1. The predicted octanol–water partition coefficient (Wildman–Crippen LogP) is 2.99. The maximum Gasteiger partial charge on any atom is 0.326 e. The average molecular weight is 322 g/mol. The minimum atomic E-state index is -0.798. The zero-order valence-electron chi connectivity index (χ0n) is 13.4. The summed E-state index contributed by atoms with van der Waals surface area (Å²) in [5, 5.41) is 10.4. The Hall–Kier alpha value is -2.89. The second kappa shape index (κ2) is 5.63. The first kappa shape index (κ1) is 14.7. The van der Waals surface area contributed by atoms with E-state index >= 15 is 0 Å². The van der Waals surface area contributed by atoms with Crippen molar-refractivity contribution in [1.29, 1.82) is 0 Å². The highest BCUT2D eigenvalue weighted by molar-refractivity contribution is 5.92. The number of nitrogens with one attached hydrogen (secondary N) is 1. The Morgan fingerprint density at radius 2 is 2.08 bits per heavy atom. The fourth-order valence-corrected chi connectivity index (χ4v) is 3.34. The summed E-state index contributed by atoms with van der Waals surface area (Å²) < 4.78 is 0. The van der Waals surface area contributed by atoms with Gasteiger partial charge in [-0.1, -0.05) is 30.3 Å². The molecule has 1 fully saturated rings. The largest absolute Gasteiger partial charge is 0.480 e. The maximum atomic E-state index is 11.6. The molecule has 122 valence electrons. The van der Waals surface area contributed by atoms with E-state index in [4.69, 9.17) is 4.98 Å². The van der Waals surface area contributed by atoms with Crippen LogP contribution in [0.3, 0.4) is 0 Å². The number of aromatic nitrogens is 3. The molecule has 1 saturated heterocycles. The molecular weight excluding hydrogens is 304 g/mol. The number of H-pyrrole nitrogens is 1. The van der Waals surface area contributed by atoms with Gasteiger partial charge in [0.25, 0.3) is 0 Å². The quantitative estimate of drug-likeness (QED) is 0.774. The van der Waals surface area contributed by atoms with E-state index in [0.29, 0.717) is 24.6 Å². The summed E-state index contributed by atoms with van der Waals surface area (Å²) in [7, 11) is 0.